The molecule has 2 aromatic carbocycles. The quantitative estimate of drug-likeness (QED) is 0.641. The second-order valence-corrected chi connectivity index (χ2v) is 6.35. The van der Waals surface area contributed by atoms with Gasteiger partial charge in [-0.25, -0.2) is 4.39 Å². The van der Waals surface area contributed by atoms with Gasteiger partial charge < -0.3 is 20.3 Å². The fourth-order valence-corrected chi connectivity index (χ4v) is 2.62. The van der Waals surface area contributed by atoms with Crippen molar-refractivity contribution in [1.82, 2.24) is 0 Å². The van der Waals surface area contributed by atoms with E-state index in [4.69, 9.17) is 16.3 Å². The largest absolute Gasteiger partial charge is 0.497 e. The van der Waals surface area contributed by atoms with Crippen molar-refractivity contribution in [1.29, 1.82) is 0 Å². The molecule has 0 bridgehead atoms. The zero-order valence-corrected chi connectivity index (χ0v) is 15.9. The molecule has 144 valence electrons. The van der Waals surface area contributed by atoms with Gasteiger partial charge in [0.05, 0.1) is 19.3 Å². The summed E-state index contributed by atoms with van der Waals surface area (Å²) in [4.78, 5) is 25.1. The van der Waals surface area contributed by atoms with E-state index in [0.29, 0.717) is 18.0 Å². The van der Waals surface area contributed by atoms with Crippen LogP contribution in [0.25, 0.3) is 0 Å². The zero-order chi connectivity index (χ0) is 19.8. The fourth-order valence-electron chi connectivity index (χ4n) is 2.46. The standard InChI is InChI=1S/C19H21ClFN3O3/c1-3-24(11-18(25)22-14-5-4-6-15(10-14)27-2)12-19(26)23-17-8-7-13(20)9-16(17)21/h4-10H,3,11-12H2,1-2H3,(H,22,25)(H,23,26)/p+1. The number of benzene rings is 2. The van der Waals surface area contributed by atoms with Crippen LogP contribution in [0.1, 0.15) is 6.92 Å². The Morgan fingerprint density at radius 3 is 2.44 bits per heavy atom. The number of amides is 2. The van der Waals surface area contributed by atoms with Gasteiger partial charge in [0.2, 0.25) is 0 Å². The Morgan fingerprint density at radius 2 is 1.81 bits per heavy atom. The molecule has 0 spiro atoms. The van der Waals surface area contributed by atoms with Gasteiger partial charge in [0.1, 0.15) is 11.6 Å². The summed E-state index contributed by atoms with van der Waals surface area (Å²) in [6.07, 6.45) is 0. The van der Waals surface area contributed by atoms with Crippen LogP contribution in [0, 0.1) is 5.82 Å². The van der Waals surface area contributed by atoms with Crippen LogP contribution in [-0.4, -0.2) is 38.6 Å². The van der Waals surface area contributed by atoms with Gasteiger partial charge >= 0.3 is 0 Å². The highest BCUT2D eigenvalue weighted by Crippen LogP contribution is 2.18. The lowest BCUT2D eigenvalue weighted by Gasteiger charge is -2.17. The molecule has 1 unspecified atom stereocenters. The van der Waals surface area contributed by atoms with E-state index in [2.05, 4.69) is 10.6 Å². The van der Waals surface area contributed by atoms with E-state index in [0.717, 1.165) is 11.0 Å². The molecular formula is C19H22ClFN3O3+. The average Bonchev–Trinajstić information content (AvgIpc) is 2.63. The summed E-state index contributed by atoms with van der Waals surface area (Å²) in [5.74, 6) is -0.589. The monoisotopic (exact) mass is 394 g/mol. The lowest BCUT2D eigenvalue weighted by atomic mass is 10.3. The molecule has 1 atom stereocenters. The van der Waals surface area contributed by atoms with Gasteiger partial charge in [0, 0.05) is 16.8 Å². The number of carbonyl (C=O) groups excluding carboxylic acids is 2. The SMILES string of the molecule is CC[NH+](CC(=O)Nc1cccc(OC)c1)CC(=O)Nc1ccc(Cl)cc1F. The van der Waals surface area contributed by atoms with Gasteiger partial charge in [-0.3, -0.25) is 9.59 Å². The van der Waals surface area contributed by atoms with Crippen molar-refractivity contribution in [3.8, 4) is 5.75 Å². The number of hydrogen-bond acceptors (Lipinski definition) is 3. The van der Waals surface area contributed by atoms with Crippen LogP contribution in [-0.2, 0) is 9.59 Å². The summed E-state index contributed by atoms with van der Waals surface area (Å²) < 4.78 is 18.9. The predicted molar refractivity (Wildman–Crippen MR) is 103 cm³/mol. The first kappa shape index (κ1) is 20.7. The van der Waals surface area contributed by atoms with Crippen LogP contribution >= 0.6 is 11.6 Å². The molecule has 0 aromatic heterocycles. The molecule has 8 heteroatoms. The topological polar surface area (TPSA) is 71.9 Å². The number of carbonyl (C=O) groups is 2. The van der Waals surface area contributed by atoms with Crippen molar-refractivity contribution in [2.75, 3.05) is 37.4 Å². The maximum absolute atomic E-state index is 13.8. The second kappa shape index (κ2) is 9.89. The molecule has 27 heavy (non-hydrogen) atoms. The van der Waals surface area contributed by atoms with E-state index in [1.54, 1.807) is 31.4 Å². The van der Waals surface area contributed by atoms with Crippen LogP contribution in [0.15, 0.2) is 42.5 Å². The maximum Gasteiger partial charge on any atom is 0.279 e. The highest BCUT2D eigenvalue weighted by Gasteiger charge is 2.18. The number of methoxy groups -OCH3 is 1. The summed E-state index contributed by atoms with van der Waals surface area (Å²) in [6, 6.07) is 11.0. The molecule has 0 fully saturated rings. The van der Waals surface area contributed by atoms with Crippen LogP contribution < -0.4 is 20.3 Å². The van der Waals surface area contributed by atoms with E-state index in [-0.39, 0.29) is 35.6 Å². The summed E-state index contributed by atoms with van der Waals surface area (Å²) >= 11 is 5.69. The minimum atomic E-state index is -0.607. The van der Waals surface area contributed by atoms with Gasteiger partial charge in [-0.05, 0) is 37.3 Å². The molecule has 0 aliphatic heterocycles. The Morgan fingerprint density at radius 1 is 1.11 bits per heavy atom. The summed E-state index contributed by atoms with van der Waals surface area (Å²) in [6.45, 7) is 2.56. The Hall–Kier alpha value is -2.64. The Bertz CT molecular complexity index is 817. The molecule has 0 saturated carbocycles. The average molecular weight is 395 g/mol. The van der Waals surface area contributed by atoms with Gasteiger partial charge in [-0.15, -0.1) is 0 Å². The Balaban J connectivity index is 1.89. The van der Waals surface area contributed by atoms with Crippen LogP contribution in [0.5, 0.6) is 5.75 Å². The normalized spacial score (nSPS) is 11.6. The third-order valence-corrected chi connectivity index (χ3v) is 4.11. The predicted octanol–water partition coefficient (Wildman–Crippen LogP) is 1.97. The molecule has 0 saturated heterocycles. The minimum Gasteiger partial charge on any atom is -0.497 e. The van der Waals surface area contributed by atoms with Crippen molar-refractivity contribution in [2.45, 2.75) is 6.92 Å². The van der Waals surface area contributed by atoms with Crippen molar-refractivity contribution < 1.29 is 23.6 Å². The number of rotatable bonds is 8. The molecule has 2 amide bonds. The molecule has 0 aliphatic carbocycles. The Kier molecular flexibility index (Phi) is 7.57. The number of likely N-dealkylation sites (N-methyl/N-ethyl adjacent to an activating group) is 1. The number of ether oxygens (including phenoxy) is 1. The first-order valence-electron chi connectivity index (χ1n) is 8.43. The molecule has 3 N–H and O–H groups in total. The van der Waals surface area contributed by atoms with E-state index >= 15 is 0 Å². The highest BCUT2D eigenvalue weighted by molar-refractivity contribution is 6.30. The van der Waals surface area contributed by atoms with E-state index in [1.165, 1.54) is 12.1 Å². The minimum absolute atomic E-state index is 0.0318. The highest BCUT2D eigenvalue weighted by atomic mass is 35.5. The molecular weight excluding hydrogens is 373 g/mol. The Labute approximate surface area is 162 Å². The first-order chi connectivity index (χ1) is 12.9. The van der Waals surface area contributed by atoms with E-state index in [1.807, 2.05) is 6.92 Å². The molecule has 2 rings (SSSR count). The van der Waals surface area contributed by atoms with Crippen molar-refractivity contribution in [3.63, 3.8) is 0 Å². The van der Waals surface area contributed by atoms with Crippen LogP contribution in [0.2, 0.25) is 5.02 Å². The van der Waals surface area contributed by atoms with Crippen LogP contribution in [0.3, 0.4) is 0 Å². The number of anilines is 2. The summed E-state index contributed by atoms with van der Waals surface area (Å²) in [5, 5.41) is 5.52. The van der Waals surface area contributed by atoms with E-state index < -0.39 is 5.82 Å². The van der Waals surface area contributed by atoms with Gasteiger partial charge in [0.25, 0.3) is 11.8 Å². The van der Waals surface area contributed by atoms with Gasteiger partial charge in [0.15, 0.2) is 13.1 Å². The third-order valence-electron chi connectivity index (χ3n) is 3.88. The maximum atomic E-state index is 13.8. The molecule has 2 aromatic rings. The number of halogens is 2. The molecule has 0 radical (unpaired) electrons. The van der Waals surface area contributed by atoms with Crippen molar-refractivity contribution in [3.05, 3.63) is 53.3 Å². The third kappa shape index (κ3) is 6.54. The number of hydrogen-bond donors (Lipinski definition) is 3. The molecule has 0 aliphatic rings. The van der Waals surface area contributed by atoms with Crippen molar-refractivity contribution >= 4 is 34.8 Å². The van der Waals surface area contributed by atoms with Gasteiger partial charge in [-0.2, -0.15) is 0 Å². The lowest BCUT2D eigenvalue weighted by Crippen LogP contribution is -3.13. The number of nitrogens with one attached hydrogen (secondary N) is 3. The first-order valence-corrected chi connectivity index (χ1v) is 8.81. The molecule has 0 heterocycles. The van der Waals surface area contributed by atoms with Crippen molar-refractivity contribution in [2.24, 2.45) is 0 Å². The van der Waals surface area contributed by atoms with Crippen LogP contribution in [0.4, 0.5) is 15.8 Å². The summed E-state index contributed by atoms with van der Waals surface area (Å²) in [5.41, 5.74) is 0.670. The van der Waals surface area contributed by atoms with Gasteiger partial charge in [-0.1, -0.05) is 17.7 Å². The number of quaternary nitrogens is 1. The lowest BCUT2D eigenvalue weighted by molar-refractivity contribution is -0.881. The summed E-state index contributed by atoms with van der Waals surface area (Å²) in [7, 11) is 1.55. The second-order valence-electron chi connectivity index (χ2n) is 5.91. The van der Waals surface area contributed by atoms with E-state index in [9.17, 15) is 14.0 Å². The smallest absolute Gasteiger partial charge is 0.279 e. The molecule has 6 nitrogen and oxygen atoms in total. The fraction of sp³-hybridized carbons (Fsp3) is 0.263. The zero-order valence-electron chi connectivity index (χ0n) is 15.1.